The first kappa shape index (κ1) is 20.1. The fourth-order valence-corrected chi connectivity index (χ4v) is 3.93. The number of benzene rings is 1. The van der Waals surface area contributed by atoms with E-state index in [1.807, 2.05) is 52.0 Å². The molecule has 0 unspecified atom stereocenters. The van der Waals surface area contributed by atoms with Gasteiger partial charge in [0.25, 0.3) is 0 Å². The molecule has 28 heavy (non-hydrogen) atoms. The van der Waals surface area contributed by atoms with E-state index in [1.54, 1.807) is 11.8 Å². The molecule has 7 nitrogen and oxygen atoms in total. The molecule has 0 spiro atoms. The second-order valence-electron chi connectivity index (χ2n) is 6.95. The van der Waals surface area contributed by atoms with Crippen molar-refractivity contribution in [1.29, 1.82) is 0 Å². The Hall–Kier alpha value is -2.61. The van der Waals surface area contributed by atoms with Crippen LogP contribution in [0.4, 0.5) is 10.5 Å². The van der Waals surface area contributed by atoms with Crippen LogP contribution in [0.15, 0.2) is 29.4 Å². The van der Waals surface area contributed by atoms with E-state index in [-0.39, 0.29) is 12.1 Å². The largest absolute Gasteiger partial charge is 0.336 e. The Labute approximate surface area is 169 Å². The van der Waals surface area contributed by atoms with Gasteiger partial charge < -0.3 is 15.2 Å². The highest BCUT2D eigenvalue weighted by Crippen LogP contribution is 2.25. The quantitative estimate of drug-likeness (QED) is 0.478. The number of hydrogen-bond acceptors (Lipinski definition) is 5. The van der Waals surface area contributed by atoms with E-state index in [1.165, 1.54) is 0 Å². The minimum absolute atomic E-state index is 0.0825. The minimum atomic E-state index is -0.216. The lowest BCUT2D eigenvalue weighted by Gasteiger charge is -2.10. The third-order valence-corrected chi connectivity index (χ3v) is 4.96. The first-order valence-corrected chi connectivity index (χ1v) is 10.4. The highest BCUT2D eigenvalue weighted by Gasteiger charge is 2.13. The van der Waals surface area contributed by atoms with Crippen molar-refractivity contribution in [2.45, 2.75) is 58.1 Å². The molecule has 0 saturated carbocycles. The number of rotatable bonds is 6. The van der Waals surface area contributed by atoms with Crippen LogP contribution in [0.3, 0.4) is 0 Å². The van der Waals surface area contributed by atoms with Crippen molar-refractivity contribution in [3.63, 3.8) is 0 Å². The average Bonchev–Trinajstić information content (AvgIpc) is 2.95. The number of amides is 2. The summed E-state index contributed by atoms with van der Waals surface area (Å²) in [4.78, 5) is 25.7. The molecule has 0 aliphatic heterocycles. The Kier molecular flexibility index (Phi) is 6.18. The van der Waals surface area contributed by atoms with Gasteiger partial charge in [-0.2, -0.15) is 0 Å². The number of hydrogen-bond donors (Lipinski definition) is 2. The van der Waals surface area contributed by atoms with Gasteiger partial charge in [-0.1, -0.05) is 11.8 Å². The van der Waals surface area contributed by atoms with Gasteiger partial charge in [0.05, 0.1) is 16.8 Å². The van der Waals surface area contributed by atoms with Crippen LogP contribution < -0.4 is 10.6 Å². The van der Waals surface area contributed by atoms with E-state index in [4.69, 9.17) is 4.98 Å². The maximum atomic E-state index is 11.9. The zero-order valence-corrected chi connectivity index (χ0v) is 17.7. The van der Waals surface area contributed by atoms with Crippen LogP contribution in [0.25, 0.3) is 11.0 Å². The zero-order valence-electron chi connectivity index (χ0n) is 16.9. The molecule has 0 radical (unpaired) electrons. The lowest BCUT2D eigenvalue weighted by atomic mass is 10.2. The van der Waals surface area contributed by atoms with Gasteiger partial charge in [0.2, 0.25) is 0 Å². The van der Waals surface area contributed by atoms with Crippen molar-refractivity contribution >= 4 is 34.5 Å². The Morgan fingerprint density at radius 2 is 1.86 bits per heavy atom. The molecule has 2 heterocycles. The molecular formula is C20H26N6OS. The second-order valence-corrected chi connectivity index (χ2v) is 7.89. The van der Waals surface area contributed by atoms with E-state index < -0.39 is 0 Å². The van der Waals surface area contributed by atoms with Crippen molar-refractivity contribution in [3.05, 3.63) is 41.5 Å². The molecule has 0 fully saturated rings. The highest BCUT2D eigenvalue weighted by atomic mass is 32.2. The van der Waals surface area contributed by atoms with Gasteiger partial charge in [0.15, 0.2) is 5.16 Å². The number of fused-ring (bicyclic) bond motifs is 1. The fourth-order valence-electron chi connectivity index (χ4n) is 3.04. The molecule has 0 atom stereocenters. The van der Waals surface area contributed by atoms with Crippen LogP contribution >= 0.6 is 11.8 Å². The summed E-state index contributed by atoms with van der Waals surface area (Å²) >= 11 is 1.58. The van der Waals surface area contributed by atoms with Crippen LogP contribution in [0.1, 0.15) is 38.0 Å². The molecule has 0 saturated heterocycles. The Morgan fingerprint density at radius 1 is 1.14 bits per heavy atom. The SMILES string of the molecule is CCn1c(CSc2nc(C)cc(C)n2)nc2cc(NC(=O)NC(C)C)ccc21. The van der Waals surface area contributed by atoms with Crippen LogP contribution in [-0.4, -0.2) is 31.6 Å². The summed E-state index contributed by atoms with van der Waals surface area (Å²) in [7, 11) is 0. The van der Waals surface area contributed by atoms with Gasteiger partial charge in [-0.15, -0.1) is 0 Å². The van der Waals surface area contributed by atoms with Crippen molar-refractivity contribution in [1.82, 2.24) is 24.8 Å². The van der Waals surface area contributed by atoms with E-state index in [0.29, 0.717) is 5.75 Å². The van der Waals surface area contributed by atoms with Gasteiger partial charge in [-0.25, -0.2) is 19.7 Å². The number of nitrogens with zero attached hydrogens (tertiary/aromatic N) is 4. The summed E-state index contributed by atoms with van der Waals surface area (Å²) in [6, 6.07) is 7.64. The molecule has 3 rings (SSSR count). The summed E-state index contributed by atoms with van der Waals surface area (Å²) in [5.74, 6) is 1.65. The number of anilines is 1. The van der Waals surface area contributed by atoms with E-state index in [2.05, 4.69) is 32.1 Å². The molecule has 2 aromatic heterocycles. The standard InChI is InChI=1S/C20H26N6OS/c1-6-26-17-8-7-15(24-19(27)21-12(2)3)10-16(17)25-18(26)11-28-20-22-13(4)9-14(5)23-20/h7-10,12H,6,11H2,1-5H3,(H2,21,24,27). The number of nitrogens with one attached hydrogen (secondary N) is 2. The normalized spacial score (nSPS) is 11.2. The summed E-state index contributed by atoms with van der Waals surface area (Å²) < 4.78 is 2.18. The van der Waals surface area contributed by atoms with Crippen LogP contribution in [-0.2, 0) is 12.3 Å². The van der Waals surface area contributed by atoms with E-state index >= 15 is 0 Å². The van der Waals surface area contributed by atoms with Crippen molar-refractivity contribution in [2.75, 3.05) is 5.32 Å². The van der Waals surface area contributed by atoms with Crippen molar-refractivity contribution in [3.8, 4) is 0 Å². The van der Waals surface area contributed by atoms with E-state index in [0.717, 1.165) is 45.6 Å². The third kappa shape index (κ3) is 4.81. The van der Waals surface area contributed by atoms with Crippen LogP contribution in [0.2, 0.25) is 0 Å². The first-order valence-electron chi connectivity index (χ1n) is 9.37. The molecule has 1 aromatic carbocycles. The summed E-state index contributed by atoms with van der Waals surface area (Å²) in [5, 5.41) is 6.44. The maximum Gasteiger partial charge on any atom is 0.319 e. The van der Waals surface area contributed by atoms with E-state index in [9.17, 15) is 4.79 Å². The molecule has 0 aliphatic carbocycles. The first-order chi connectivity index (χ1) is 13.4. The fraction of sp³-hybridized carbons (Fsp3) is 0.400. The zero-order chi connectivity index (χ0) is 20.3. The van der Waals surface area contributed by atoms with Crippen LogP contribution in [0, 0.1) is 13.8 Å². The predicted molar refractivity (Wildman–Crippen MR) is 114 cm³/mol. The second kappa shape index (κ2) is 8.60. The number of carbonyl (C=O) groups excluding carboxylic acids is 1. The maximum absolute atomic E-state index is 11.9. The average molecular weight is 399 g/mol. The number of urea groups is 1. The topological polar surface area (TPSA) is 84.7 Å². The van der Waals surface area contributed by atoms with Gasteiger partial charge in [-0.05, 0) is 58.9 Å². The highest BCUT2D eigenvalue weighted by molar-refractivity contribution is 7.98. The number of aryl methyl sites for hydroxylation is 3. The lowest BCUT2D eigenvalue weighted by Crippen LogP contribution is -2.34. The molecule has 8 heteroatoms. The predicted octanol–water partition coefficient (Wildman–Crippen LogP) is 4.29. The summed E-state index contributed by atoms with van der Waals surface area (Å²) in [6.45, 7) is 10.7. The summed E-state index contributed by atoms with van der Waals surface area (Å²) in [6.07, 6.45) is 0. The molecule has 2 N–H and O–H groups in total. The van der Waals surface area contributed by atoms with Gasteiger partial charge in [0, 0.05) is 29.7 Å². The number of carbonyl (C=O) groups is 1. The van der Waals surface area contributed by atoms with Gasteiger partial charge in [0.1, 0.15) is 5.82 Å². The van der Waals surface area contributed by atoms with Crippen molar-refractivity contribution in [2.24, 2.45) is 0 Å². The third-order valence-electron chi connectivity index (χ3n) is 4.11. The molecular weight excluding hydrogens is 372 g/mol. The molecule has 3 aromatic rings. The molecule has 2 amide bonds. The Bertz CT molecular complexity index is 978. The summed E-state index contributed by atoms with van der Waals surface area (Å²) in [5.41, 5.74) is 4.57. The number of aromatic nitrogens is 4. The molecule has 0 aliphatic rings. The van der Waals surface area contributed by atoms with Gasteiger partial charge in [-0.3, -0.25) is 0 Å². The van der Waals surface area contributed by atoms with Crippen molar-refractivity contribution < 1.29 is 4.79 Å². The Balaban J connectivity index is 1.81. The molecule has 148 valence electrons. The smallest absolute Gasteiger partial charge is 0.319 e. The molecule has 0 bridgehead atoms. The Morgan fingerprint density at radius 3 is 2.50 bits per heavy atom. The minimum Gasteiger partial charge on any atom is -0.336 e. The lowest BCUT2D eigenvalue weighted by molar-refractivity contribution is 0.250. The van der Waals surface area contributed by atoms with Gasteiger partial charge >= 0.3 is 6.03 Å². The number of thioether (sulfide) groups is 1. The van der Waals surface area contributed by atoms with Crippen LogP contribution in [0.5, 0.6) is 0 Å². The number of imidazole rings is 1. The monoisotopic (exact) mass is 398 g/mol.